The minimum Gasteiger partial charge on any atom is -0.302 e. The highest BCUT2D eigenvalue weighted by molar-refractivity contribution is 5.07. The second kappa shape index (κ2) is 1.58. The number of nitrogens with zero attached hydrogens (tertiary/aromatic N) is 1. The topological polar surface area (TPSA) is 3.24 Å². The Morgan fingerprint density at radius 2 is 2.00 bits per heavy atom. The largest absolute Gasteiger partial charge is 0.302 e. The number of hydrogen-bond donors (Lipinski definition) is 0. The van der Waals surface area contributed by atoms with Gasteiger partial charge in [0, 0.05) is 12.6 Å². The van der Waals surface area contributed by atoms with E-state index < -0.39 is 0 Å². The Labute approximate surface area is 62.4 Å². The van der Waals surface area contributed by atoms with Crippen LogP contribution in [0.4, 0.5) is 0 Å². The van der Waals surface area contributed by atoms with Gasteiger partial charge in [0.2, 0.25) is 0 Å². The number of fused-ring (bicyclic) bond motifs is 5. The molecule has 0 spiro atoms. The summed E-state index contributed by atoms with van der Waals surface area (Å²) >= 11 is 0. The van der Waals surface area contributed by atoms with Crippen LogP contribution in [0.25, 0.3) is 0 Å². The summed E-state index contributed by atoms with van der Waals surface area (Å²) in [6.07, 6.45) is 4.66. The molecule has 56 valence electrons. The van der Waals surface area contributed by atoms with Crippen LogP contribution in [-0.4, -0.2) is 24.5 Å². The molecule has 3 aliphatic rings. The van der Waals surface area contributed by atoms with E-state index in [0.29, 0.717) is 0 Å². The highest BCUT2D eigenvalue weighted by Gasteiger charge is 2.54. The Morgan fingerprint density at radius 3 is 2.60 bits per heavy atom. The minimum atomic E-state index is 1.03. The Morgan fingerprint density at radius 1 is 1.20 bits per heavy atom. The van der Waals surface area contributed by atoms with E-state index in [2.05, 4.69) is 11.9 Å². The average Bonchev–Trinajstić information content (AvgIpc) is 2.40. The molecule has 0 amide bonds. The van der Waals surface area contributed by atoms with Crippen LogP contribution in [0, 0.1) is 17.8 Å². The maximum Gasteiger partial charge on any atom is 0.0164 e. The predicted molar refractivity (Wildman–Crippen MR) is 40.7 cm³/mol. The van der Waals surface area contributed by atoms with Crippen molar-refractivity contribution in [2.75, 3.05) is 13.6 Å². The van der Waals surface area contributed by atoms with E-state index in [1.54, 1.807) is 12.8 Å². The Hall–Kier alpha value is -0.0400. The maximum absolute atomic E-state index is 2.56. The van der Waals surface area contributed by atoms with Crippen molar-refractivity contribution in [3.8, 4) is 0 Å². The number of likely N-dealkylation sites (tertiary alicyclic amines) is 1. The van der Waals surface area contributed by atoms with Gasteiger partial charge in [0.05, 0.1) is 0 Å². The molecule has 0 aromatic rings. The van der Waals surface area contributed by atoms with Gasteiger partial charge in [-0.2, -0.15) is 0 Å². The quantitative estimate of drug-likeness (QED) is 0.487. The standard InChI is InChI=1S/C9H15N/c1-10-5-8-6-2-3-7(4-6)9(8)10/h6-9H,2-5H2,1H3. The lowest BCUT2D eigenvalue weighted by Gasteiger charge is -2.48. The third kappa shape index (κ3) is 0.460. The van der Waals surface area contributed by atoms with Crippen LogP contribution in [0.3, 0.4) is 0 Å². The summed E-state index contributed by atoms with van der Waals surface area (Å²) in [4.78, 5) is 2.56. The molecule has 0 N–H and O–H groups in total. The first-order valence-corrected chi connectivity index (χ1v) is 4.56. The highest BCUT2D eigenvalue weighted by Crippen LogP contribution is 2.54. The van der Waals surface area contributed by atoms with Crippen LogP contribution in [-0.2, 0) is 0 Å². The highest BCUT2D eigenvalue weighted by atomic mass is 15.2. The lowest BCUT2D eigenvalue weighted by atomic mass is 9.77. The Kier molecular flexibility index (Phi) is 0.883. The molecule has 1 heterocycles. The Balaban J connectivity index is 1.89. The molecule has 0 radical (unpaired) electrons. The van der Waals surface area contributed by atoms with Crippen molar-refractivity contribution in [2.24, 2.45) is 17.8 Å². The van der Waals surface area contributed by atoms with Crippen molar-refractivity contribution < 1.29 is 0 Å². The molecule has 0 aromatic carbocycles. The summed E-state index contributed by atoms with van der Waals surface area (Å²) in [5.41, 5.74) is 0. The van der Waals surface area contributed by atoms with Gasteiger partial charge in [-0.1, -0.05) is 0 Å². The van der Waals surface area contributed by atoms with E-state index in [4.69, 9.17) is 0 Å². The van der Waals surface area contributed by atoms with Crippen LogP contribution >= 0.6 is 0 Å². The zero-order valence-corrected chi connectivity index (χ0v) is 6.59. The third-order valence-corrected chi connectivity index (χ3v) is 4.05. The van der Waals surface area contributed by atoms with E-state index in [-0.39, 0.29) is 0 Å². The molecule has 2 aliphatic carbocycles. The minimum absolute atomic E-state index is 1.03. The summed E-state index contributed by atoms with van der Waals surface area (Å²) in [5.74, 6) is 3.38. The lowest BCUT2D eigenvalue weighted by molar-refractivity contribution is 0.000623. The van der Waals surface area contributed by atoms with E-state index in [1.807, 2.05) is 0 Å². The summed E-state index contributed by atoms with van der Waals surface area (Å²) in [6, 6.07) is 1.03. The molecular weight excluding hydrogens is 122 g/mol. The van der Waals surface area contributed by atoms with Crippen molar-refractivity contribution in [2.45, 2.75) is 25.3 Å². The predicted octanol–water partition coefficient (Wildman–Crippen LogP) is 1.35. The van der Waals surface area contributed by atoms with E-state index in [0.717, 1.165) is 23.8 Å². The summed E-state index contributed by atoms with van der Waals surface area (Å²) < 4.78 is 0. The SMILES string of the molecule is CN1CC2C3CCC(C3)C21. The van der Waals surface area contributed by atoms with E-state index >= 15 is 0 Å². The zero-order chi connectivity index (χ0) is 6.72. The molecular formula is C9H15N. The fourth-order valence-corrected chi connectivity index (χ4v) is 3.64. The van der Waals surface area contributed by atoms with Gasteiger partial charge in [-0.15, -0.1) is 0 Å². The fraction of sp³-hybridized carbons (Fsp3) is 1.00. The van der Waals surface area contributed by atoms with Gasteiger partial charge in [0.15, 0.2) is 0 Å². The molecule has 1 aliphatic heterocycles. The number of rotatable bonds is 0. The van der Waals surface area contributed by atoms with E-state index in [1.165, 1.54) is 13.0 Å². The molecule has 3 rings (SSSR count). The Bertz CT molecular complexity index is 164. The second-order valence-electron chi connectivity index (χ2n) is 4.43. The van der Waals surface area contributed by atoms with Crippen LogP contribution in [0.1, 0.15) is 19.3 Å². The van der Waals surface area contributed by atoms with Crippen molar-refractivity contribution >= 4 is 0 Å². The zero-order valence-electron chi connectivity index (χ0n) is 6.59. The molecule has 4 unspecified atom stereocenters. The van der Waals surface area contributed by atoms with Gasteiger partial charge in [-0.25, -0.2) is 0 Å². The molecule has 10 heavy (non-hydrogen) atoms. The molecule has 3 fully saturated rings. The molecule has 1 heteroatoms. The number of hydrogen-bond acceptors (Lipinski definition) is 1. The summed E-state index contributed by atoms with van der Waals surface area (Å²) in [6.45, 7) is 1.41. The fourth-order valence-electron chi connectivity index (χ4n) is 3.64. The van der Waals surface area contributed by atoms with E-state index in [9.17, 15) is 0 Å². The van der Waals surface area contributed by atoms with Gasteiger partial charge in [-0.05, 0) is 44.1 Å². The van der Waals surface area contributed by atoms with Gasteiger partial charge in [-0.3, -0.25) is 0 Å². The first kappa shape index (κ1) is 5.59. The second-order valence-corrected chi connectivity index (χ2v) is 4.43. The molecule has 0 aromatic heterocycles. The molecule has 1 nitrogen and oxygen atoms in total. The maximum atomic E-state index is 2.56. The van der Waals surface area contributed by atoms with Crippen molar-refractivity contribution in [1.82, 2.24) is 4.90 Å². The van der Waals surface area contributed by atoms with Gasteiger partial charge in [0.1, 0.15) is 0 Å². The molecule has 1 saturated heterocycles. The van der Waals surface area contributed by atoms with Crippen molar-refractivity contribution in [3.63, 3.8) is 0 Å². The van der Waals surface area contributed by atoms with Crippen LogP contribution in [0.2, 0.25) is 0 Å². The van der Waals surface area contributed by atoms with Crippen LogP contribution < -0.4 is 0 Å². The van der Waals surface area contributed by atoms with Gasteiger partial charge >= 0.3 is 0 Å². The monoisotopic (exact) mass is 137 g/mol. The third-order valence-electron chi connectivity index (χ3n) is 4.05. The molecule has 2 bridgehead atoms. The molecule has 2 saturated carbocycles. The lowest BCUT2D eigenvalue weighted by Crippen LogP contribution is -2.56. The summed E-state index contributed by atoms with van der Waals surface area (Å²) in [5, 5.41) is 0. The van der Waals surface area contributed by atoms with Gasteiger partial charge < -0.3 is 4.90 Å². The van der Waals surface area contributed by atoms with Gasteiger partial charge in [0.25, 0.3) is 0 Å². The van der Waals surface area contributed by atoms with Crippen molar-refractivity contribution in [1.29, 1.82) is 0 Å². The van der Waals surface area contributed by atoms with Crippen molar-refractivity contribution in [3.05, 3.63) is 0 Å². The normalized spacial score (nSPS) is 58.5. The molecule has 4 atom stereocenters. The smallest absolute Gasteiger partial charge is 0.0164 e. The first-order chi connectivity index (χ1) is 4.86. The van der Waals surface area contributed by atoms with Crippen LogP contribution in [0.15, 0.2) is 0 Å². The average molecular weight is 137 g/mol. The summed E-state index contributed by atoms with van der Waals surface area (Å²) in [7, 11) is 2.29. The van der Waals surface area contributed by atoms with Crippen LogP contribution in [0.5, 0.6) is 0 Å². The first-order valence-electron chi connectivity index (χ1n) is 4.56.